The molecule has 0 heterocycles. The third-order valence-electron chi connectivity index (χ3n) is 1.94. The molecule has 0 saturated carbocycles. The number of rotatable bonds is 1. The Hall–Kier alpha value is -1.27. The molecule has 0 amide bonds. The first-order valence-electron chi connectivity index (χ1n) is 5.51. The second kappa shape index (κ2) is 5.18. The van der Waals surface area contributed by atoms with Crippen LogP contribution in [-0.4, -0.2) is 14.0 Å². The number of esters is 1. The van der Waals surface area contributed by atoms with Gasteiger partial charge in [0, 0.05) is 6.92 Å². The molecule has 0 saturated heterocycles. The van der Waals surface area contributed by atoms with Crippen LogP contribution in [0, 0.1) is 11.5 Å². The molecule has 1 rings (SSSR count). The predicted molar refractivity (Wildman–Crippen MR) is 68.3 cm³/mol. The van der Waals surface area contributed by atoms with Crippen LogP contribution in [-0.2, 0) is 9.53 Å². The molecule has 0 aromatic carbocycles. The summed E-state index contributed by atoms with van der Waals surface area (Å²) in [4.78, 5) is 10.9. The van der Waals surface area contributed by atoms with E-state index in [2.05, 4.69) is 31.1 Å². The largest absolute Gasteiger partial charge is 0.426 e. The van der Waals surface area contributed by atoms with Crippen molar-refractivity contribution >= 4 is 14.0 Å². The predicted octanol–water partition coefficient (Wildman–Crippen LogP) is 3.03. The summed E-state index contributed by atoms with van der Waals surface area (Å²) in [5, 5.41) is 0. The third kappa shape index (κ3) is 4.50. The van der Waals surface area contributed by atoms with Gasteiger partial charge in [-0.1, -0.05) is 31.6 Å². The minimum atomic E-state index is -1.38. The van der Waals surface area contributed by atoms with Gasteiger partial charge in [0.1, 0.15) is 13.8 Å². The fraction of sp³-hybridized carbons (Fsp3) is 0.462. The van der Waals surface area contributed by atoms with Crippen molar-refractivity contribution in [2.75, 3.05) is 0 Å². The molecule has 0 aromatic rings. The van der Waals surface area contributed by atoms with E-state index in [4.69, 9.17) is 4.74 Å². The average Bonchev–Trinajstić information content (AvgIpc) is 2.14. The van der Waals surface area contributed by atoms with Gasteiger partial charge in [0.15, 0.2) is 0 Å². The van der Waals surface area contributed by atoms with Gasteiger partial charge in [-0.2, -0.15) is 0 Å². The molecule has 0 N–H and O–H groups in total. The highest BCUT2D eigenvalue weighted by atomic mass is 28.3. The lowest BCUT2D eigenvalue weighted by atomic mass is 10.1. The van der Waals surface area contributed by atoms with E-state index < -0.39 is 8.07 Å². The lowest BCUT2D eigenvalue weighted by Crippen LogP contribution is -2.16. The van der Waals surface area contributed by atoms with Crippen molar-refractivity contribution in [3.8, 4) is 11.5 Å². The maximum absolute atomic E-state index is 10.9. The normalized spacial score (nSPS) is 15.5. The van der Waals surface area contributed by atoms with E-state index in [1.807, 2.05) is 12.2 Å². The van der Waals surface area contributed by atoms with Crippen LogP contribution >= 0.6 is 0 Å². The summed E-state index contributed by atoms with van der Waals surface area (Å²) >= 11 is 0. The Morgan fingerprint density at radius 3 is 2.50 bits per heavy atom. The summed E-state index contributed by atoms with van der Waals surface area (Å²) in [6.07, 6.45) is 5.88. The van der Waals surface area contributed by atoms with Crippen molar-refractivity contribution in [3.63, 3.8) is 0 Å². The topological polar surface area (TPSA) is 26.3 Å². The number of allylic oxidation sites excluding steroid dienone is 3. The summed E-state index contributed by atoms with van der Waals surface area (Å²) in [5.74, 6) is 3.49. The van der Waals surface area contributed by atoms with Crippen molar-refractivity contribution in [2.24, 2.45) is 0 Å². The van der Waals surface area contributed by atoms with Crippen LogP contribution in [0.25, 0.3) is 0 Å². The maximum atomic E-state index is 10.9. The van der Waals surface area contributed by atoms with Crippen molar-refractivity contribution in [1.82, 2.24) is 0 Å². The highest BCUT2D eigenvalue weighted by molar-refractivity contribution is 6.83. The molecule has 0 atom stereocenters. The minimum absolute atomic E-state index is 0.283. The zero-order chi connectivity index (χ0) is 12.2. The van der Waals surface area contributed by atoms with E-state index in [9.17, 15) is 4.79 Å². The Bertz CT molecular complexity index is 400. The van der Waals surface area contributed by atoms with E-state index in [0.717, 1.165) is 18.4 Å². The molecule has 3 heteroatoms. The van der Waals surface area contributed by atoms with Crippen molar-refractivity contribution in [1.29, 1.82) is 0 Å². The molecule has 0 bridgehead atoms. The quantitative estimate of drug-likeness (QED) is 0.396. The lowest BCUT2D eigenvalue weighted by Gasteiger charge is -2.11. The van der Waals surface area contributed by atoms with Crippen molar-refractivity contribution < 1.29 is 9.53 Å². The van der Waals surface area contributed by atoms with Gasteiger partial charge in [0.25, 0.3) is 0 Å². The smallest absolute Gasteiger partial charge is 0.308 e. The van der Waals surface area contributed by atoms with Crippen LogP contribution in [0.1, 0.15) is 19.8 Å². The molecule has 1 aliphatic rings. The molecule has 0 spiro atoms. The number of carbonyl (C=O) groups excluding carboxylic acids is 1. The second-order valence-electron chi connectivity index (χ2n) is 4.86. The Morgan fingerprint density at radius 1 is 1.31 bits per heavy atom. The summed E-state index contributed by atoms with van der Waals surface area (Å²) in [6.45, 7) is 7.99. The molecule has 16 heavy (non-hydrogen) atoms. The number of carbonyl (C=O) groups is 1. The van der Waals surface area contributed by atoms with Gasteiger partial charge in [-0.3, -0.25) is 4.79 Å². The number of hydrogen-bond donors (Lipinski definition) is 0. The van der Waals surface area contributed by atoms with Gasteiger partial charge in [-0.05, 0) is 18.9 Å². The fourth-order valence-corrected chi connectivity index (χ4v) is 1.78. The van der Waals surface area contributed by atoms with E-state index in [1.54, 1.807) is 0 Å². The van der Waals surface area contributed by atoms with Crippen LogP contribution in [0.2, 0.25) is 19.6 Å². The summed E-state index contributed by atoms with van der Waals surface area (Å²) < 4.78 is 5.14. The summed E-state index contributed by atoms with van der Waals surface area (Å²) in [7, 11) is -1.38. The zero-order valence-corrected chi connectivity index (χ0v) is 11.4. The minimum Gasteiger partial charge on any atom is -0.426 e. The molecule has 0 fully saturated rings. The zero-order valence-electron chi connectivity index (χ0n) is 10.4. The molecular weight excluding hydrogens is 216 g/mol. The standard InChI is InChI=1S/C13H18O2Si/c1-11(14)15-13-8-6-5-7-12(13)9-10-16(2,3)4/h7-8H,5-6H2,1-4H3. The Balaban J connectivity index is 2.84. The Morgan fingerprint density at radius 2 is 1.94 bits per heavy atom. The second-order valence-corrected chi connectivity index (χ2v) is 9.61. The van der Waals surface area contributed by atoms with Gasteiger partial charge in [-0.15, -0.1) is 5.54 Å². The van der Waals surface area contributed by atoms with E-state index in [-0.39, 0.29) is 5.97 Å². The average molecular weight is 234 g/mol. The maximum Gasteiger partial charge on any atom is 0.308 e. The van der Waals surface area contributed by atoms with Crippen LogP contribution < -0.4 is 0 Å². The lowest BCUT2D eigenvalue weighted by molar-refractivity contribution is -0.136. The molecule has 0 aliphatic heterocycles. The monoisotopic (exact) mass is 234 g/mol. The fourth-order valence-electron chi connectivity index (χ4n) is 1.27. The van der Waals surface area contributed by atoms with Gasteiger partial charge in [-0.25, -0.2) is 0 Å². The van der Waals surface area contributed by atoms with Crippen LogP contribution in [0.5, 0.6) is 0 Å². The van der Waals surface area contributed by atoms with Crippen molar-refractivity contribution in [3.05, 3.63) is 23.5 Å². The first-order valence-corrected chi connectivity index (χ1v) is 9.01. The van der Waals surface area contributed by atoms with Crippen LogP contribution in [0.3, 0.4) is 0 Å². The SMILES string of the molecule is CC(=O)OC1=CCCC=C1C#C[Si](C)(C)C. The number of ether oxygens (including phenoxy) is 1. The third-order valence-corrected chi connectivity index (χ3v) is 2.81. The molecule has 0 unspecified atom stereocenters. The summed E-state index contributed by atoms with van der Waals surface area (Å²) in [6, 6.07) is 0. The van der Waals surface area contributed by atoms with Crippen molar-refractivity contribution in [2.45, 2.75) is 39.4 Å². The highest BCUT2D eigenvalue weighted by Crippen LogP contribution is 2.19. The first-order chi connectivity index (χ1) is 7.38. The molecule has 2 nitrogen and oxygen atoms in total. The molecule has 1 aliphatic carbocycles. The van der Waals surface area contributed by atoms with Crippen LogP contribution in [0.4, 0.5) is 0 Å². The molecule has 0 radical (unpaired) electrons. The summed E-state index contributed by atoms with van der Waals surface area (Å²) in [5.41, 5.74) is 4.15. The molecule has 86 valence electrons. The van der Waals surface area contributed by atoms with Gasteiger partial charge in [0.2, 0.25) is 0 Å². The Labute approximate surface area is 98.4 Å². The Kier molecular flexibility index (Phi) is 4.14. The molecule has 0 aromatic heterocycles. The van der Waals surface area contributed by atoms with Gasteiger partial charge in [0.05, 0.1) is 5.57 Å². The van der Waals surface area contributed by atoms with Gasteiger partial charge >= 0.3 is 5.97 Å². The first kappa shape index (κ1) is 12.8. The van der Waals surface area contributed by atoms with E-state index in [1.165, 1.54) is 6.92 Å². The van der Waals surface area contributed by atoms with E-state index in [0.29, 0.717) is 5.76 Å². The van der Waals surface area contributed by atoms with Gasteiger partial charge < -0.3 is 4.74 Å². The van der Waals surface area contributed by atoms with Crippen LogP contribution in [0.15, 0.2) is 23.5 Å². The van der Waals surface area contributed by atoms with E-state index >= 15 is 0 Å². The number of hydrogen-bond acceptors (Lipinski definition) is 2. The molecular formula is C13H18O2Si. The highest BCUT2D eigenvalue weighted by Gasteiger charge is 2.12.